The number of nitrogens with two attached hydrogens (primary N) is 1. The highest BCUT2D eigenvalue weighted by Crippen LogP contribution is 2.30. The monoisotopic (exact) mass is 338 g/mol. The van der Waals surface area contributed by atoms with Gasteiger partial charge in [0.15, 0.2) is 5.95 Å². The SMILES string of the molecule is Nc1ncc(-c2cccc3c2ccn3S(=O)(=O)c2ccccc2)[nH]1. The largest absolute Gasteiger partial charge is 0.369 e. The first kappa shape index (κ1) is 14.5. The molecule has 7 heteroatoms. The molecule has 4 aromatic rings. The summed E-state index contributed by atoms with van der Waals surface area (Å²) in [6.07, 6.45) is 3.20. The molecule has 6 nitrogen and oxygen atoms in total. The zero-order valence-electron chi connectivity index (χ0n) is 12.5. The van der Waals surface area contributed by atoms with E-state index in [-0.39, 0.29) is 4.90 Å². The van der Waals surface area contributed by atoms with E-state index in [0.717, 1.165) is 16.6 Å². The van der Waals surface area contributed by atoms with Gasteiger partial charge in [0, 0.05) is 17.1 Å². The van der Waals surface area contributed by atoms with Crippen LogP contribution in [0.2, 0.25) is 0 Å². The van der Waals surface area contributed by atoms with E-state index in [0.29, 0.717) is 11.5 Å². The van der Waals surface area contributed by atoms with Gasteiger partial charge >= 0.3 is 0 Å². The zero-order valence-corrected chi connectivity index (χ0v) is 13.4. The van der Waals surface area contributed by atoms with E-state index in [9.17, 15) is 8.42 Å². The predicted octanol–water partition coefficient (Wildman–Crippen LogP) is 2.85. The van der Waals surface area contributed by atoms with Crippen LogP contribution in [0.5, 0.6) is 0 Å². The van der Waals surface area contributed by atoms with Crippen LogP contribution in [0, 0.1) is 0 Å². The Morgan fingerprint density at radius 1 is 1.00 bits per heavy atom. The van der Waals surface area contributed by atoms with Crippen molar-refractivity contribution in [3.8, 4) is 11.3 Å². The van der Waals surface area contributed by atoms with Crippen LogP contribution in [0.25, 0.3) is 22.2 Å². The Hall–Kier alpha value is -3.06. The molecule has 24 heavy (non-hydrogen) atoms. The van der Waals surface area contributed by atoms with Gasteiger partial charge in [-0.25, -0.2) is 17.4 Å². The number of imidazole rings is 1. The van der Waals surface area contributed by atoms with E-state index in [1.165, 1.54) is 3.97 Å². The molecule has 0 radical (unpaired) electrons. The third-order valence-corrected chi connectivity index (χ3v) is 5.59. The van der Waals surface area contributed by atoms with Crippen LogP contribution in [0.3, 0.4) is 0 Å². The number of H-pyrrole nitrogens is 1. The van der Waals surface area contributed by atoms with Crippen molar-refractivity contribution in [3.63, 3.8) is 0 Å². The van der Waals surface area contributed by atoms with E-state index in [1.54, 1.807) is 54.9 Å². The Balaban J connectivity index is 1.94. The number of aromatic amines is 1. The summed E-state index contributed by atoms with van der Waals surface area (Å²) in [5.74, 6) is 0.318. The first-order valence-corrected chi connectivity index (χ1v) is 8.73. The van der Waals surface area contributed by atoms with E-state index in [1.807, 2.05) is 12.1 Å². The molecule has 2 aromatic carbocycles. The highest BCUT2D eigenvalue weighted by molar-refractivity contribution is 7.90. The molecule has 2 aromatic heterocycles. The van der Waals surface area contributed by atoms with Crippen molar-refractivity contribution in [2.75, 3.05) is 5.73 Å². The smallest absolute Gasteiger partial charge is 0.268 e. The number of nitrogens with one attached hydrogen (secondary N) is 1. The Bertz CT molecular complexity index is 1130. The number of nitrogens with zero attached hydrogens (tertiary/aromatic N) is 2. The van der Waals surface area contributed by atoms with Crippen molar-refractivity contribution in [3.05, 3.63) is 67.0 Å². The fourth-order valence-electron chi connectivity index (χ4n) is 2.77. The average Bonchev–Trinajstić information content (AvgIpc) is 3.22. The Morgan fingerprint density at radius 3 is 2.50 bits per heavy atom. The molecule has 4 rings (SSSR count). The van der Waals surface area contributed by atoms with Crippen LogP contribution in [-0.4, -0.2) is 22.4 Å². The molecule has 0 spiro atoms. The van der Waals surface area contributed by atoms with Gasteiger partial charge in [-0.15, -0.1) is 0 Å². The van der Waals surface area contributed by atoms with Gasteiger partial charge in [-0.05, 0) is 24.3 Å². The highest BCUT2D eigenvalue weighted by Gasteiger charge is 2.19. The van der Waals surface area contributed by atoms with Crippen LogP contribution in [0.4, 0.5) is 5.95 Å². The van der Waals surface area contributed by atoms with Gasteiger partial charge in [-0.3, -0.25) is 0 Å². The molecule has 120 valence electrons. The van der Waals surface area contributed by atoms with Gasteiger partial charge in [0.25, 0.3) is 10.0 Å². The molecule has 0 bridgehead atoms. The topological polar surface area (TPSA) is 93.8 Å². The summed E-state index contributed by atoms with van der Waals surface area (Å²) >= 11 is 0. The first-order chi connectivity index (χ1) is 11.6. The number of benzene rings is 2. The van der Waals surface area contributed by atoms with Gasteiger partial charge in [-0.2, -0.15) is 0 Å². The maximum atomic E-state index is 12.9. The fourth-order valence-corrected chi connectivity index (χ4v) is 4.13. The Morgan fingerprint density at radius 2 is 1.79 bits per heavy atom. The van der Waals surface area contributed by atoms with Crippen molar-refractivity contribution in [2.24, 2.45) is 0 Å². The normalized spacial score (nSPS) is 11.8. The minimum Gasteiger partial charge on any atom is -0.369 e. The van der Waals surface area contributed by atoms with E-state index in [4.69, 9.17) is 5.73 Å². The van der Waals surface area contributed by atoms with Crippen LogP contribution >= 0.6 is 0 Å². The van der Waals surface area contributed by atoms with Crippen LogP contribution in [0.1, 0.15) is 0 Å². The molecule has 0 saturated carbocycles. The summed E-state index contributed by atoms with van der Waals surface area (Å²) in [7, 11) is -3.65. The number of anilines is 1. The van der Waals surface area contributed by atoms with E-state index < -0.39 is 10.0 Å². The summed E-state index contributed by atoms with van der Waals surface area (Å²) in [5.41, 5.74) is 7.83. The van der Waals surface area contributed by atoms with E-state index in [2.05, 4.69) is 9.97 Å². The predicted molar refractivity (Wildman–Crippen MR) is 93.0 cm³/mol. The Labute approximate surface area is 138 Å². The number of rotatable bonds is 3. The van der Waals surface area contributed by atoms with Crippen LogP contribution in [0.15, 0.2) is 71.9 Å². The second-order valence-electron chi connectivity index (χ2n) is 5.35. The summed E-state index contributed by atoms with van der Waals surface area (Å²) in [5, 5.41) is 0.806. The molecule has 0 fully saturated rings. The molecule has 0 aliphatic rings. The molecule has 0 saturated heterocycles. The number of fused-ring (bicyclic) bond motifs is 1. The van der Waals surface area contributed by atoms with Gasteiger partial charge in [0.2, 0.25) is 0 Å². The summed E-state index contributed by atoms with van der Waals surface area (Å²) < 4.78 is 27.1. The average molecular weight is 338 g/mol. The lowest BCUT2D eigenvalue weighted by Gasteiger charge is -2.08. The number of aromatic nitrogens is 3. The molecule has 0 aliphatic carbocycles. The molecule has 0 unspecified atom stereocenters. The summed E-state index contributed by atoms with van der Waals surface area (Å²) in [4.78, 5) is 7.22. The van der Waals surface area contributed by atoms with Gasteiger partial charge in [-0.1, -0.05) is 30.3 Å². The van der Waals surface area contributed by atoms with Crippen molar-refractivity contribution in [2.45, 2.75) is 4.90 Å². The molecular weight excluding hydrogens is 324 g/mol. The summed E-state index contributed by atoms with van der Waals surface area (Å²) in [6, 6.07) is 15.6. The third kappa shape index (κ3) is 2.17. The molecule has 3 N–H and O–H groups in total. The zero-order chi connectivity index (χ0) is 16.7. The second kappa shape index (κ2) is 5.24. The molecule has 0 amide bonds. The highest BCUT2D eigenvalue weighted by atomic mass is 32.2. The minimum absolute atomic E-state index is 0.249. The molecule has 0 atom stereocenters. The second-order valence-corrected chi connectivity index (χ2v) is 7.17. The van der Waals surface area contributed by atoms with Gasteiger partial charge in [0.05, 0.1) is 22.3 Å². The van der Waals surface area contributed by atoms with Crippen molar-refractivity contribution < 1.29 is 8.42 Å². The third-order valence-electron chi connectivity index (χ3n) is 3.88. The van der Waals surface area contributed by atoms with Crippen molar-refractivity contribution in [1.29, 1.82) is 0 Å². The lowest BCUT2D eigenvalue weighted by molar-refractivity contribution is 0.589. The summed E-state index contributed by atoms with van der Waals surface area (Å²) in [6.45, 7) is 0. The van der Waals surface area contributed by atoms with E-state index >= 15 is 0 Å². The first-order valence-electron chi connectivity index (χ1n) is 7.29. The molecule has 2 heterocycles. The van der Waals surface area contributed by atoms with Gasteiger partial charge in [0.1, 0.15) is 0 Å². The van der Waals surface area contributed by atoms with Crippen LogP contribution in [-0.2, 0) is 10.0 Å². The number of hydrogen-bond donors (Lipinski definition) is 2. The molecular formula is C17H14N4O2S. The fraction of sp³-hybridized carbons (Fsp3) is 0. The van der Waals surface area contributed by atoms with Crippen molar-refractivity contribution >= 4 is 26.9 Å². The van der Waals surface area contributed by atoms with Crippen LogP contribution < -0.4 is 5.73 Å². The minimum atomic E-state index is -3.65. The van der Waals surface area contributed by atoms with Crippen molar-refractivity contribution in [1.82, 2.24) is 13.9 Å². The maximum absolute atomic E-state index is 12.9. The standard InChI is InChI=1S/C17H14N4O2S/c18-17-19-11-15(20-17)13-7-4-8-16-14(13)9-10-21(16)24(22,23)12-5-2-1-3-6-12/h1-11H,(H3,18,19,20). The lowest BCUT2D eigenvalue weighted by Crippen LogP contribution is -2.11. The maximum Gasteiger partial charge on any atom is 0.268 e. The Kier molecular flexibility index (Phi) is 3.17. The van der Waals surface area contributed by atoms with Gasteiger partial charge < -0.3 is 10.7 Å². The number of hydrogen-bond acceptors (Lipinski definition) is 4. The lowest BCUT2D eigenvalue weighted by atomic mass is 10.1. The number of nitrogen functional groups attached to an aromatic ring is 1. The quantitative estimate of drug-likeness (QED) is 0.600. The molecule has 0 aliphatic heterocycles.